The molecule has 0 N–H and O–H groups in total. The van der Waals surface area contributed by atoms with E-state index in [9.17, 15) is 0 Å². The van der Waals surface area contributed by atoms with Crippen LogP contribution in [0.2, 0.25) is 0 Å². The second kappa shape index (κ2) is 15.5. The molecule has 0 bridgehead atoms. The molecular weight excluding hydrogens is 665 g/mol. The lowest BCUT2D eigenvalue weighted by Crippen LogP contribution is -2.28. The van der Waals surface area contributed by atoms with Crippen LogP contribution in [0.4, 0.5) is 0 Å². The summed E-state index contributed by atoms with van der Waals surface area (Å²) in [5.74, 6) is 0. The molecule has 2 heteroatoms. The third kappa shape index (κ3) is 6.93. The largest absolute Gasteiger partial charge is 0.256 e. The highest BCUT2D eigenvalue weighted by molar-refractivity contribution is 5.94. The molecule has 0 aliphatic rings. The summed E-state index contributed by atoms with van der Waals surface area (Å²) in [5, 5.41) is 0. The molecule has 8 aromatic rings. The molecule has 0 spiro atoms. The van der Waals surface area contributed by atoms with Crippen LogP contribution < -0.4 is 0 Å². The molecule has 0 atom stereocenters. The first-order chi connectivity index (χ1) is 27.0. The summed E-state index contributed by atoms with van der Waals surface area (Å²) in [4.78, 5) is 10.4. The number of benzene rings is 6. The van der Waals surface area contributed by atoms with Gasteiger partial charge in [0.1, 0.15) is 0 Å². The zero-order valence-electron chi connectivity index (χ0n) is 32.1. The van der Waals surface area contributed by atoms with Crippen molar-refractivity contribution in [3.05, 3.63) is 205 Å². The van der Waals surface area contributed by atoms with Gasteiger partial charge in [0.15, 0.2) is 0 Å². The molecule has 0 saturated carbocycles. The zero-order valence-corrected chi connectivity index (χ0v) is 32.1. The van der Waals surface area contributed by atoms with E-state index in [1.807, 2.05) is 0 Å². The molecule has 0 aliphatic carbocycles. The number of aromatic nitrogens is 2. The van der Waals surface area contributed by atoms with E-state index in [1.54, 1.807) is 0 Å². The maximum absolute atomic E-state index is 5.19. The van der Waals surface area contributed by atoms with Crippen LogP contribution in [-0.4, -0.2) is 9.97 Å². The van der Waals surface area contributed by atoms with Crippen LogP contribution in [-0.2, 0) is 5.41 Å². The maximum atomic E-state index is 5.19. The fraction of sp³-hybridized carbons (Fsp3) is 0.132. The lowest BCUT2D eigenvalue weighted by Gasteiger charge is -2.38. The number of nitrogens with zero attached hydrogens (tertiary/aromatic N) is 2. The van der Waals surface area contributed by atoms with Gasteiger partial charge in [0, 0.05) is 40.1 Å². The Bertz CT molecular complexity index is 2390. The van der Waals surface area contributed by atoms with Crippen LogP contribution in [0.5, 0.6) is 0 Å². The molecule has 0 fully saturated rings. The minimum absolute atomic E-state index is 0.319. The second-order valence-electron chi connectivity index (χ2n) is 14.6. The molecule has 2 nitrogen and oxygen atoms in total. The number of aryl methyl sites for hydroxylation is 2. The molecule has 8 rings (SSSR count). The lowest BCUT2D eigenvalue weighted by atomic mass is 9.65. The summed E-state index contributed by atoms with van der Waals surface area (Å²) in [5.41, 5.74) is 18.3. The molecule has 0 saturated heterocycles. The Labute approximate surface area is 326 Å². The second-order valence-corrected chi connectivity index (χ2v) is 14.6. The highest BCUT2D eigenvalue weighted by atomic mass is 14.7. The smallest absolute Gasteiger partial charge is 0.0708 e. The SMILES string of the molecule is CCC(CC)(c1cc(C)cc(C)c1)c1c(-c2cnc(-c3ccccc3)cc2-c2ccccc2)cccc1-c1cnc(-c2ccccc2)cc1-c1ccccc1. The predicted molar refractivity (Wildman–Crippen MR) is 232 cm³/mol. The average molecular weight is 711 g/mol. The van der Waals surface area contributed by atoms with Gasteiger partial charge >= 0.3 is 0 Å². The van der Waals surface area contributed by atoms with Crippen LogP contribution in [0.15, 0.2) is 182 Å². The van der Waals surface area contributed by atoms with Gasteiger partial charge in [-0.1, -0.05) is 183 Å². The van der Waals surface area contributed by atoms with E-state index in [0.717, 1.165) is 68.7 Å². The minimum atomic E-state index is -0.319. The van der Waals surface area contributed by atoms with E-state index in [0.29, 0.717) is 0 Å². The number of pyridine rings is 2. The van der Waals surface area contributed by atoms with Gasteiger partial charge in [-0.3, -0.25) is 9.97 Å². The van der Waals surface area contributed by atoms with E-state index in [4.69, 9.17) is 9.97 Å². The summed E-state index contributed by atoms with van der Waals surface area (Å²) in [7, 11) is 0. The quantitative estimate of drug-likeness (QED) is 0.141. The van der Waals surface area contributed by atoms with Crippen molar-refractivity contribution in [3.8, 4) is 67.0 Å². The number of hydrogen-bond donors (Lipinski definition) is 0. The fourth-order valence-corrected chi connectivity index (χ4v) is 8.51. The van der Waals surface area contributed by atoms with Gasteiger partial charge < -0.3 is 0 Å². The van der Waals surface area contributed by atoms with Gasteiger partial charge in [-0.05, 0) is 83.3 Å². The van der Waals surface area contributed by atoms with Gasteiger partial charge in [0.2, 0.25) is 0 Å². The molecule has 2 aromatic heterocycles. The van der Waals surface area contributed by atoms with Crippen LogP contribution >= 0.6 is 0 Å². The van der Waals surface area contributed by atoms with Crippen molar-refractivity contribution < 1.29 is 0 Å². The Morgan fingerprint density at radius 3 is 1.15 bits per heavy atom. The van der Waals surface area contributed by atoms with Crippen LogP contribution in [0.3, 0.4) is 0 Å². The molecule has 0 radical (unpaired) electrons. The van der Waals surface area contributed by atoms with Crippen molar-refractivity contribution in [1.29, 1.82) is 0 Å². The van der Waals surface area contributed by atoms with Gasteiger partial charge in [-0.15, -0.1) is 0 Å². The van der Waals surface area contributed by atoms with Crippen LogP contribution in [0.1, 0.15) is 48.9 Å². The molecular formula is C53H46N2. The van der Waals surface area contributed by atoms with Crippen LogP contribution in [0.25, 0.3) is 67.0 Å². The Morgan fingerprint density at radius 1 is 0.382 bits per heavy atom. The Hall–Kier alpha value is -6.38. The fourth-order valence-electron chi connectivity index (χ4n) is 8.51. The molecule has 268 valence electrons. The molecule has 55 heavy (non-hydrogen) atoms. The highest BCUT2D eigenvalue weighted by Gasteiger charge is 2.37. The van der Waals surface area contributed by atoms with Gasteiger partial charge in [0.25, 0.3) is 0 Å². The maximum Gasteiger partial charge on any atom is 0.0708 e. The first-order valence-corrected chi connectivity index (χ1v) is 19.4. The van der Waals surface area contributed by atoms with E-state index in [1.165, 1.54) is 33.4 Å². The van der Waals surface area contributed by atoms with Crippen molar-refractivity contribution in [2.24, 2.45) is 0 Å². The van der Waals surface area contributed by atoms with E-state index in [-0.39, 0.29) is 5.41 Å². The Morgan fingerprint density at radius 2 is 0.764 bits per heavy atom. The zero-order chi connectivity index (χ0) is 37.8. The topological polar surface area (TPSA) is 25.8 Å². The predicted octanol–water partition coefficient (Wildman–Crippen LogP) is 14.2. The molecule has 0 unspecified atom stereocenters. The third-order valence-electron chi connectivity index (χ3n) is 11.2. The van der Waals surface area contributed by atoms with Gasteiger partial charge in [-0.25, -0.2) is 0 Å². The van der Waals surface area contributed by atoms with E-state index < -0.39 is 0 Å². The van der Waals surface area contributed by atoms with Crippen molar-refractivity contribution in [1.82, 2.24) is 9.97 Å². The summed E-state index contributed by atoms with van der Waals surface area (Å²) in [6.07, 6.45) is 6.06. The lowest BCUT2D eigenvalue weighted by molar-refractivity contribution is 0.480. The summed E-state index contributed by atoms with van der Waals surface area (Å²) < 4.78 is 0. The summed E-state index contributed by atoms with van der Waals surface area (Å²) >= 11 is 0. The summed E-state index contributed by atoms with van der Waals surface area (Å²) in [6, 6.07) is 61.1. The van der Waals surface area contributed by atoms with Gasteiger partial charge in [-0.2, -0.15) is 0 Å². The molecule has 0 aliphatic heterocycles. The van der Waals surface area contributed by atoms with E-state index >= 15 is 0 Å². The van der Waals surface area contributed by atoms with Crippen molar-refractivity contribution >= 4 is 0 Å². The highest BCUT2D eigenvalue weighted by Crippen LogP contribution is 2.51. The first kappa shape index (κ1) is 35.6. The normalized spacial score (nSPS) is 11.4. The monoisotopic (exact) mass is 710 g/mol. The van der Waals surface area contributed by atoms with Crippen LogP contribution in [0, 0.1) is 13.8 Å². The molecule has 0 amide bonds. The average Bonchev–Trinajstić information content (AvgIpc) is 3.25. The Kier molecular flexibility index (Phi) is 10.1. The number of rotatable bonds is 10. The van der Waals surface area contributed by atoms with Crippen molar-refractivity contribution in [2.45, 2.75) is 46.0 Å². The minimum Gasteiger partial charge on any atom is -0.256 e. The van der Waals surface area contributed by atoms with Crippen molar-refractivity contribution in [3.63, 3.8) is 0 Å². The standard InChI is InChI=1S/C53H46N2/c1-5-53(6-2,43-31-37(3)30-38(4)32-43)52-44(48-35-54-50(41-24-15-9-16-25-41)33-46(48)39-20-11-7-12-21-39)28-19-29-45(52)49-36-55-51(42-26-17-10-18-27-42)34-47(49)40-22-13-8-14-23-40/h7-36H,5-6H2,1-4H3. The Balaban J connectivity index is 1.48. The summed E-state index contributed by atoms with van der Waals surface area (Å²) in [6.45, 7) is 9.15. The molecule has 2 heterocycles. The van der Waals surface area contributed by atoms with Crippen molar-refractivity contribution in [2.75, 3.05) is 0 Å². The third-order valence-corrected chi connectivity index (χ3v) is 11.2. The molecule has 6 aromatic carbocycles. The number of hydrogen-bond acceptors (Lipinski definition) is 2. The first-order valence-electron chi connectivity index (χ1n) is 19.4. The van der Waals surface area contributed by atoms with E-state index in [2.05, 4.69) is 210 Å². The van der Waals surface area contributed by atoms with Gasteiger partial charge in [0.05, 0.1) is 11.4 Å².